The smallest absolute Gasteiger partial charge is 0.134 e. The molecule has 0 spiro atoms. The first-order valence-corrected chi connectivity index (χ1v) is 5.30. The van der Waals surface area contributed by atoms with Crippen molar-refractivity contribution in [2.75, 3.05) is 18.7 Å². The fourth-order valence-corrected chi connectivity index (χ4v) is 2.16. The molecule has 14 heavy (non-hydrogen) atoms. The van der Waals surface area contributed by atoms with E-state index in [1.165, 1.54) is 5.06 Å². The molecule has 0 amide bonds. The zero-order chi connectivity index (χ0) is 10.1. The van der Waals surface area contributed by atoms with Gasteiger partial charge in [0.1, 0.15) is 5.75 Å². The van der Waals surface area contributed by atoms with E-state index in [1.54, 1.807) is 7.11 Å². The van der Waals surface area contributed by atoms with Gasteiger partial charge in [-0.15, -0.1) is 0 Å². The highest BCUT2D eigenvalue weighted by Gasteiger charge is 2.14. The van der Waals surface area contributed by atoms with Crippen LogP contribution >= 0.6 is 22.6 Å². The Hall–Kier alpha value is -0.750. The SMILES string of the molecule is COc1cc2c(cc1I)C=CCN2O. The van der Waals surface area contributed by atoms with E-state index in [2.05, 4.69) is 22.6 Å². The molecule has 1 heterocycles. The number of hydroxylamine groups is 1. The predicted molar refractivity (Wildman–Crippen MR) is 63.9 cm³/mol. The van der Waals surface area contributed by atoms with Crippen molar-refractivity contribution in [3.05, 3.63) is 27.3 Å². The number of hydrogen-bond donors (Lipinski definition) is 1. The van der Waals surface area contributed by atoms with Crippen molar-refractivity contribution in [2.45, 2.75) is 0 Å². The summed E-state index contributed by atoms with van der Waals surface area (Å²) in [5, 5.41) is 10.8. The molecule has 0 aromatic heterocycles. The molecule has 1 aliphatic rings. The molecule has 1 N–H and O–H groups in total. The minimum atomic E-state index is 0.525. The van der Waals surface area contributed by atoms with Gasteiger partial charge in [-0.25, -0.2) is 0 Å². The molecule has 0 unspecified atom stereocenters. The Labute approximate surface area is 96.1 Å². The Morgan fingerprint density at radius 3 is 3.00 bits per heavy atom. The highest BCUT2D eigenvalue weighted by atomic mass is 127. The van der Waals surface area contributed by atoms with Crippen LogP contribution in [0.25, 0.3) is 6.08 Å². The number of methoxy groups -OCH3 is 1. The third-order valence-corrected chi connectivity index (χ3v) is 3.00. The molecule has 0 saturated carbocycles. The van der Waals surface area contributed by atoms with Gasteiger partial charge in [0.25, 0.3) is 0 Å². The lowest BCUT2D eigenvalue weighted by Gasteiger charge is -2.22. The summed E-state index contributed by atoms with van der Waals surface area (Å²) in [7, 11) is 1.63. The summed E-state index contributed by atoms with van der Waals surface area (Å²) in [6.45, 7) is 0.525. The molecule has 1 aromatic rings. The second-order valence-electron chi connectivity index (χ2n) is 3.03. The van der Waals surface area contributed by atoms with E-state index in [9.17, 15) is 5.21 Å². The van der Waals surface area contributed by atoms with E-state index in [1.807, 2.05) is 24.3 Å². The van der Waals surface area contributed by atoms with Crippen LogP contribution < -0.4 is 9.80 Å². The van der Waals surface area contributed by atoms with Crippen LogP contribution in [0.3, 0.4) is 0 Å². The maximum atomic E-state index is 9.60. The summed E-state index contributed by atoms with van der Waals surface area (Å²) in [5.41, 5.74) is 1.81. The molecule has 0 saturated heterocycles. The quantitative estimate of drug-likeness (QED) is 0.809. The van der Waals surface area contributed by atoms with Gasteiger partial charge < -0.3 is 4.74 Å². The van der Waals surface area contributed by atoms with Crippen molar-refractivity contribution in [2.24, 2.45) is 0 Å². The van der Waals surface area contributed by atoms with Crippen LogP contribution in [0.4, 0.5) is 5.69 Å². The Morgan fingerprint density at radius 1 is 1.50 bits per heavy atom. The summed E-state index contributed by atoms with van der Waals surface area (Å²) in [6, 6.07) is 3.84. The molecule has 4 heteroatoms. The maximum absolute atomic E-state index is 9.60. The Bertz CT molecular complexity index is 390. The van der Waals surface area contributed by atoms with Gasteiger partial charge in [0.15, 0.2) is 0 Å². The minimum absolute atomic E-state index is 0.525. The van der Waals surface area contributed by atoms with Crippen LogP contribution in [-0.4, -0.2) is 18.9 Å². The van der Waals surface area contributed by atoms with Crippen LogP contribution in [0, 0.1) is 3.57 Å². The number of hydrogen-bond acceptors (Lipinski definition) is 3. The van der Waals surface area contributed by atoms with Crippen molar-refractivity contribution < 1.29 is 9.94 Å². The van der Waals surface area contributed by atoms with Crippen molar-refractivity contribution >= 4 is 34.4 Å². The fraction of sp³-hybridized carbons (Fsp3) is 0.200. The number of halogens is 1. The van der Waals surface area contributed by atoms with Crippen LogP contribution in [0.1, 0.15) is 5.56 Å². The molecule has 0 aliphatic carbocycles. The lowest BCUT2D eigenvalue weighted by molar-refractivity contribution is 0.264. The van der Waals surface area contributed by atoms with Gasteiger partial charge in [0, 0.05) is 11.6 Å². The highest BCUT2D eigenvalue weighted by Crippen LogP contribution is 2.32. The molecule has 1 aromatic carbocycles. The topological polar surface area (TPSA) is 32.7 Å². The zero-order valence-corrected chi connectivity index (χ0v) is 9.85. The van der Waals surface area contributed by atoms with E-state index in [-0.39, 0.29) is 0 Å². The number of nitrogens with zero attached hydrogens (tertiary/aromatic N) is 1. The molecule has 74 valence electrons. The molecular formula is C10H10INO2. The summed E-state index contributed by atoms with van der Waals surface area (Å²) in [5.74, 6) is 0.790. The van der Waals surface area contributed by atoms with E-state index in [4.69, 9.17) is 4.74 Å². The highest BCUT2D eigenvalue weighted by molar-refractivity contribution is 14.1. The van der Waals surface area contributed by atoms with Crippen LogP contribution in [0.5, 0.6) is 5.75 Å². The molecule has 0 radical (unpaired) electrons. The monoisotopic (exact) mass is 303 g/mol. The van der Waals surface area contributed by atoms with Crippen molar-refractivity contribution in [1.29, 1.82) is 0 Å². The van der Waals surface area contributed by atoms with Crippen LogP contribution in [0.15, 0.2) is 18.2 Å². The first-order valence-electron chi connectivity index (χ1n) is 4.23. The van der Waals surface area contributed by atoms with Crippen LogP contribution in [-0.2, 0) is 0 Å². The fourth-order valence-electron chi connectivity index (χ4n) is 1.45. The second kappa shape index (κ2) is 3.78. The molecule has 2 rings (SSSR count). The Balaban J connectivity index is 2.56. The summed E-state index contributed by atoms with van der Waals surface area (Å²) < 4.78 is 6.24. The number of benzene rings is 1. The lowest BCUT2D eigenvalue weighted by Crippen LogP contribution is -2.21. The van der Waals surface area contributed by atoms with Crippen molar-refractivity contribution in [3.63, 3.8) is 0 Å². The van der Waals surface area contributed by atoms with E-state index >= 15 is 0 Å². The van der Waals surface area contributed by atoms with Gasteiger partial charge in [-0.3, -0.25) is 10.3 Å². The Kier molecular flexibility index (Phi) is 2.64. The zero-order valence-electron chi connectivity index (χ0n) is 7.70. The van der Waals surface area contributed by atoms with Crippen LogP contribution in [0.2, 0.25) is 0 Å². The maximum Gasteiger partial charge on any atom is 0.134 e. The average molecular weight is 303 g/mol. The van der Waals surface area contributed by atoms with Crippen molar-refractivity contribution in [3.8, 4) is 5.75 Å². The van der Waals surface area contributed by atoms with E-state index < -0.39 is 0 Å². The van der Waals surface area contributed by atoms with Gasteiger partial charge in [-0.1, -0.05) is 12.2 Å². The van der Waals surface area contributed by atoms with E-state index in [0.717, 1.165) is 20.6 Å². The van der Waals surface area contributed by atoms with E-state index in [0.29, 0.717) is 6.54 Å². The van der Waals surface area contributed by atoms with Gasteiger partial charge >= 0.3 is 0 Å². The van der Waals surface area contributed by atoms with Gasteiger partial charge in [0.05, 0.1) is 22.9 Å². The average Bonchev–Trinajstić information content (AvgIpc) is 2.17. The third-order valence-electron chi connectivity index (χ3n) is 2.15. The summed E-state index contributed by atoms with van der Waals surface area (Å²) >= 11 is 2.21. The number of fused-ring (bicyclic) bond motifs is 1. The predicted octanol–water partition coefficient (Wildman–Crippen LogP) is 2.52. The molecule has 0 bridgehead atoms. The largest absolute Gasteiger partial charge is 0.496 e. The summed E-state index contributed by atoms with van der Waals surface area (Å²) in [4.78, 5) is 0. The first kappa shape index (κ1) is 9.79. The molecule has 0 atom stereocenters. The molecule has 1 aliphatic heterocycles. The number of rotatable bonds is 1. The summed E-state index contributed by atoms with van der Waals surface area (Å²) in [6.07, 6.45) is 3.93. The van der Waals surface area contributed by atoms with Gasteiger partial charge in [-0.05, 0) is 28.7 Å². The van der Waals surface area contributed by atoms with Gasteiger partial charge in [0.2, 0.25) is 0 Å². The molecule has 3 nitrogen and oxygen atoms in total. The van der Waals surface area contributed by atoms with Crippen molar-refractivity contribution in [1.82, 2.24) is 0 Å². The first-order chi connectivity index (χ1) is 6.72. The molecular weight excluding hydrogens is 293 g/mol. The Morgan fingerprint density at radius 2 is 2.29 bits per heavy atom. The minimum Gasteiger partial charge on any atom is -0.496 e. The number of anilines is 1. The lowest BCUT2D eigenvalue weighted by atomic mass is 10.1. The van der Waals surface area contributed by atoms with Gasteiger partial charge in [-0.2, -0.15) is 0 Å². The standard InChI is InChI=1S/C10H10INO2/c1-14-10-6-9-7(5-8(10)11)3-2-4-12(9)13/h2-3,5-6,13H,4H2,1H3. The molecule has 0 fully saturated rings. The number of ether oxygens (including phenoxy) is 1. The normalized spacial score (nSPS) is 14.1. The third kappa shape index (κ3) is 1.59. The second-order valence-corrected chi connectivity index (χ2v) is 4.19.